The summed E-state index contributed by atoms with van der Waals surface area (Å²) in [4.78, 5) is 23.1. The van der Waals surface area contributed by atoms with Crippen LogP contribution in [0.4, 0.5) is 5.69 Å². The first-order valence-electron chi connectivity index (χ1n) is 4.67. The lowest BCUT2D eigenvalue weighted by atomic mass is 10.00. The van der Waals surface area contributed by atoms with E-state index in [1.165, 1.54) is 7.11 Å². The molecule has 6 nitrogen and oxygen atoms in total. The fourth-order valence-electron chi connectivity index (χ4n) is 1.77. The molecule has 0 saturated heterocycles. The van der Waals surface area contributed by atoms with Gasteiger partial charge in [-0.05, 0) is 6.07 Å². The second-order valence-corrected chi connectivity index (χ2v) is 3.36. The Balaban J connectivity index is 2.50. The van der Waals surface area contributed by atoms with Gasteiger partial charge in [0.25, 0.3) is 5.91 Å². The molecule has 2 amide bonds. The highest BCUT2D eigenvalue weighted by atomic mass is 16.5. The van der Waals surface area contributed by atoms with Crippen molar-refractivity contribution in [1.82, 2.24) is 5.43 Å². The Labute approximate surface area is 91.7 Å². The third-order valence-corrected chi connectivity index (χ3v) is 2.50. The number of rotatable bonds is 2. The number of hydrogen-bond acceptors (Lipinski definition) is 4. The molecule has 2 rings (SSSR count). The highest BCUT2D eigenvalue weighted by Gasteiger charge is 2.37. The van der Waals surface area contributed by atoms with E-state index in [1.54, 1.807) is 18.2 Å². The zero-order valence-corrected chi connectivity index (χ0v) is 8.61. The lowest BCUT2D eigenvalue weighted by Crippen LogP contribution is -2.37. The largest absolute Gasteiger partial charge is 0.495 e. The van der Waals surface area contributed by atoms with Gasteiger partial charge < -0.3 is 10.1 Å². The topological polar surface area (TPSA) is 93.4 Å². The van der Waals surface area contributed by atoms with Crippen LogP contribution in [-0.2, 0) is 9.59 Å². The summed E-state index contributed by atoms with van der Waals surface area (Å²) in [7, 11) is 1.50. The van der Waals surface area contributed by atoms with Gasteiger partial charge in [-0.25, -0.2) is 5.84 Å². The first-order valence-corrected chi connectivity index (χ1v) is 4.67. The number of fused-ring (bicyclic) bond motifs is 1. The molecule has 0 aromatic heterocycles. The molecule has 1 aliphatic heterocycles. The number of benzene rings is 1. The van der Waals surface area contributed by atoms with Crippen LogP contribution in [0.3, 0.4) is 0 Å². The number of anilines is 1. The zero-order valence-electron chi connectivity index (χ0n) is 8.61. The number of hydrogen-bond donors (Lipinski definition) is 3. The van der Waals surface area contributed by atoms with Gasteiger partial charge in [-0.15, -0.1) is 0 Å². The predicted molar refractivity (Wildman–Crippen MR) is 56.7 cm³/mol. The fraction of sp³-hybridized carbons (Fsp3) is 0.200. The first kappa shape index (κ1) is 10.4. The molecule has 84 valence electrons. The van der Waals surface area contributed by atoms with Crippen molar-refractivity contribution in [3.05, 3.63) is 23.8 Å². The molecule has 0 saturated carbocycles. The van der Waals surface area contributed by atoms with Crippen molar-refractivity contribution < 1.29 is 14.3 Å². The zero-order chi connectivity index (χ0) is 11.7. The molecule has 1 heterocycles. The third kappa shape index (κ3) is 1.40. The summed E-state index contributed by atoms with van der Waals surface area (Å²) < 4.78 is 5.09. The van der Waals surface area contributed by atoms with E-state index in [4.69, 9.17) is 10.6 Å². The maximum absolute atomic E-state index is 11.6. The smallest absolute Gasteiger partial charge is 0.251 e. The van der Waals surface area contributed by atoms with Gasteiger partial charge in [-0.3, -0.25) is 15.0 Å². The minimum absolute atomic E-state index is 0.401. The van der Waals surface area contributed by atoms with E-state index in [0.717, 1.165) is 0 Å². The van der Waals surface area contributed by atoms with Crippen LogP contribution >= 0.6 is 0 Å². The van der Waals surface area contributed by atoms with E-state index >= 15 is 0 Å². The average Bonchev–Trinajstić information content (AvgIpc) is 2.63. The molecule has 6 heteroatoms. The monoisotopic (exact) mass is 221 g/mol. The van der Waals surface area contributed by atoms with Crippen LogP contribution in [0.15, 0.2) is 18.2 Å². The average molecular weight is 221 g/mol. The fourth-order valence-corrected chi connectivity index (χ4v) is 1.77. The Morgan fingerprint density at radius 1 is 1.56 bits per heavy atom. The van der Waals surface area contributed by atoms with Gasteiger partial charge in [0.05, 0.1) is 12.8 Å². The second-order valence-electron chi connectivity index (χ2n) is 3.36. The molecule has 0 aliphatic carbocycles. The van der Waals surface area contributed by atoms with Crippen LogP contribution in [0.25, 0.3) is 0 Å². The van der Waals surface area contributed by atoms with Gasteiger partial charge in [-0.1, -0.05) is 12.1 Å². The van der Waals surface area contributed by atoms with Crippen LogP contribution in [0.5, 0.6) is 5.75 Å². The Morgan fingerprint density at radius 3 is 2.94 bits per heavy atom. The summed E-state index contributed by atoms with van der Waals surface area (Å²) in [6, 6.07) is 5.12. The third-order valence-electron chi connectivity index (χ3n) is 2.50. The highest BCUT2D eigenvalue weighted by molar-refractivity contribution is 6.16. The number of hydrazine groups is 1. The summed E-state index contributed by atoms with van der Waals surface area (Å²) in [6.45, 7) is 0. The van der Waals surface area contributed by atoms with E-state index in [0.29, 0.717) is 17.0 Å². The number of carbonyl (C=O) groups is 2. The predicted octanol–water partition coefficient (Wildman–Crippen LogP) is -0.279. The van der Waals surface area contributed by atoms with E-state index in [2.05, 4.69) is 5.32 Å². The molecular weight excluding hydrogens is 210 g/mol. The number of amides is 2. The van der Waals surface area contributed by atoms with Crippen LogP contribution in [0.1, 0.15) is 11.5 Å². The quantitative estimate of drug-likeness (QED) is 0.277. The second kappa shape index (κ2) is 3.82. The lowest BCUT2D eigenvalue weighted by molar-refractivity contribution is -0.128. The molecule has 0 fully saturated rings. The molecular formula is C10H11N3O3. The van der Waals surface area contributed by atoms with E-state index in [1.807, 2.05) is 5.43 Å². The number of ether oxygens (including phenoxy) is 1. The van der Waals surface area contributed by atoms with E-state index in [-0.39, 0.29) is 0 Å². The number of methoxy groups -OCH3 is 1. The molecule has 0 spiro atoms. The Morgan fingerprint density at radius 2 is 2.31 bits per heavy atom. The summed E-state index contributed by atoms with van der Waals surface area (Å²) in [6.07, 6.45) is 0. The molecule has 1 aromatic rings. The number of nitrogens with two attached hydrogens (primary N) is 1. The van der Waals surface area contributed by atoms with Crippen LogP contribution < -0.4 is 21.3 Å². The highest BCUT2D eigenvalue weighted by Crippen LogP contribution is 2.39. The standard InChI is InChI=1S/C10H11N3O3/c1-16-6-4-2-3-5-7(10(15)13-11)9(14)12-8(5)6/h2-4,7H,11H2,1H3,(H,12,14)(H,13,15). The van der Waals surface area contributed by atoms with Gasteiger partial charge in [-0.2, -0.15) is 0 Å². The number of nitrogens with one attached hydrogen (secondary N) is 2. The minimum Gasteiger partial charge on any atom is -0.495 e. The maximum Gasteiger partial charge on any atom is 0.251 e. The molecule has 1 atom stereocenters. The van der Waals surface area contributed by atoms with Gasteiger partial charge in [0.2, 0.25) is 5.91 Å². The van der Waals surface area contributed by atoms with E-state index < -0.39 is 17.7 Å². The van der Waals surface area contributed by atoms with Crippen molar-refractivity contribution in [3.8, 4) is 5.75 Å². The Kier molecular flexibility index (Phi) is 2.49. The summed E-state index contributed by atoms with van der Waals surface area (Å²) in [5.74, 6) is 3.71. The minimum atomic E-state index is -0.907. The van der Waals surface area contributed by atoms with Gasteiger partial charge in [0.1, 0.15) is 11.7 Å². The van der Waals surface area contributed by atoms with Crippen molar-refractivity contribution in [2.45, 2.75) is 5.92 Å². The van der Waals surface area contributed by atoms with Crippen molar-refractivity contribution in [1.29, 1.82) is 0 Å². The van der Waals surface area contributed by atoms with Crippen molar-refractivity contribution in [3.63, 3.8) is 0 Å². The lowest BCUT2D eigenvalue weighted by Gasteiger charge is -2.07. The normalized spacial score (nSPS) is 17.6. The van der Waals surface area contributed by atoms with Gasteiger partial charge in [0, 0.05) is 5.56 Å². The molecule has 0 bridgehead atoms. The summed E-state index contributed by atoms with van der Waals surface area (Å²) in [5.41, 5.74) is 3.08. The maximum atomic E-state index is 11.6. The van der Waals surface area contributed by atoms with Crippen LogP contribution in [0.2, 0.25) is 0 Å². The van der Waals surface area contributed by atoms with Crippen molar-refractivity contribution in [2.24, 2.45) is 5.84 Å². The molecule has 4 N–H and O–H groups in total. The summed E-state index contributed by atoms with van der Waals surface area (Å²) >= 11 is 0. The molecule has 1 unspecified atom stereocenters. The van der Waals surface area contributed by atoms with Crippen molar-refractivity contribution >= 4 is 17.5 Å². The number of carbonyl (C=O) groups excluding carboxylic acids is 2. The Bertz CT molecular complexity index is 459. The van der Waals surface area contributed by atoms with E-state index in [9.17, 15) is 9.59 Å². The molecule has 16 heavy (non-hydrogen) atoms. The van der Waals surface area contributed by atoms with Gasteiger partial charge >= 0.3 is 0 Å². The van der Waals surface area contributed by atoms with Crippen molar-refractivity contribution in [2.75, 3.05) is 12.4 Å². The molecule has 1 aliphatic rings. The summed E-state index contributed by atoms with van der Waals surface area (Å²) in [5, 5.41) is 2.60. The SMILES string of the molecule is COc1cccc2c1NC(=O)C2C(=O)NN. The molecule has 1 aromatic carbocycles. The Hall–Kier alpha value is -2.08. The first-order chi connectivity index (χ1) is 7.69. The van der Waals surface area contributed by atoms with Crippen LogP contribution in [0, 0.1) is 0 Å². The molecule has 0 radical (unpaired) electrons. The van der Waals surface area contributed by atoms with Crippen LogP contribution in [-0.4, -0.2) is 18.9 Å². The number of para-hydroxylation sites is 1. The van der Waals surface area contributed by atoms with Gasteiger partial charge in [0.15, 0.2) is 0 Å².